The molecule has 0 aromatic rings. The summed E-state index contributed by atoms with van der Waals surface area (Å²) in [7, 11) is 0. The molecule has 1 fully saturated rings. The van der Waals surface area contributed by atoms with Gasteiger partial charge < -0.3 is 4.74 Å². The highest BCUT2D eigenvalue weighted by atomic mass is 16.5. The van der Waals surface area contributed by atoms with Crippen LogP contribution in [0.25, 0.3) is 0 Å². The minimum absolute atomic E-state index is 0.0828. The van der Waals surface area contributed by atoms with Crippen LogP contribution in [-0.2, 0) is 9.53 Å². The Morgan fingerprint density at radius 3 is 2.67 bits per heavy atom. The molecule has 3 aliphatic rings. The van der Waals surface area contributed by atoms with Gasteiger partial charge in [-0.2, -0.15) is 0 Å². The summed E-state index contributed by atoms with van der Waals surface area (Å²) >= 11 is 0. The first-order valence-corrected chi connectivity index (χ1v) is 12.8. The molecule has 1 saturated carbocycles. The van der Waals surface area contributed by atoms with Crippen molar-refractivity contribution in [3.8, 4) is 0 Å². The summed E-state index contributed by atoms with van der Waals surface area (Å²) in [5.41, 5.74) is 3.06. The van der Waals surface area contributed by atoms with Crippen LogP contribution in [0.2, 0.25) is 0 Å². The topological polar surface area (TPSA) is 26.3 Å². The maximum Gasteiger partial charge on any atom is 0.312 e. The number of esters is 1. The highest BCUT2D eigenvalue weighted by Gasteiger charge is 2.57. The average molecular weight is 415 g/mol. The number of fused-ring (bicyclic) bond motifs is 3. The van der Waals surface area contributed by atoms with E-state index in [4.69, 9.17) is 4.74 Å². The highest BCUT2D eigenvalue weighted by molar-refractivity contribution is 5.77. The summed E-state index contributed by atoms with van der Waals surface area (Å²) < 4.78 is 6.04. The lowest BCUT2D eigenvalue weighted by molar-refractivity contribution is -0.171. The van der Waals surface area contributed by atoms with Gasteiger partial charge in [-0.05, 0) is 80.1 Å². The summed E-state index contributed by atoms with van der Waals surface area (Å²) in [6, 6.07) is 0. The molecule has 0 aromatic heterocycles. The summed E-state index contributed by atoms with van der Waals surface area (Å²) in [6.07, 6.45) is 16.6. The van der Waals surface area contributed by atoms with E-state index < -0.39 is 0 Å². The molecule has 0 aliphatic heterocycles. The quantitative estimate of drug-likeness (QED) is 0.377. The molecule has 3 rings (SSSR count). The second-order valence-electron chi connectivity index (χ2n) is 11.2. The minimum atomic E-state index is -0.333. The lowest BCUT2D eigenvalue weighted by Gasteiger charge is -2.57. The van der Waals surface area contributed by atoms with Crippen molar-refractivity contribution in [1.29, 1.82) is 0 Å². The lowest BCUT2D eigenvalue weighted by atomic mass is 9.47. The Balaban J connectivity index is 1.77. The molecule has 0 N–H and O–H groups in total. The molecule has 0 heterocycles. The fourth-order valence-corrected chi connectivity index (χ4v) is 6.85. The largest absolute Gasteiger partial charge is 0.465 e. The summed E-state index contributed by atoms with van der Waals surface area (Å²) in [6.45, 7) is 14.4. The summed E-state index contributed by atoms with van der Waals surface area (Å²) in [5.74, 6) is 2.26. The van der Waals surface area contributed by atoms with Crippen molar-refractivity contribution in [2.45, 2.75) is 106 Å². The van der Waals surface area contributed by atoms with E-state index in [0.29, 0.717) is 30.3 Å². The molecular formula is C28H46O2. The van der Waals surface area contributed by atoms with Gasteiger partial charge in [-0.25, -0.2) is 0 Å². The van der Waals surface area contributed by atoms with Gasteiger partial charge in [0.15, 0.2) is 0 Å². The normalized spacial score (nSPS) is 34.5. The van der Waals surface area contributed by atoms with Gasteiger partial charge in [-0.3, -0.25) is 4.79 Å². The maximum absolute atomic E-state index is 13.5. The first-order chi connectivity index (χ1) is 14.3. The van der Waals surface area contributed by atoms with Crippen LogP contribution in [0.4, 0.5) is 0 Å². The zero-order valence-electron chi connectivity index (χ0n) is 20.6. The number of hydrogen-bond donors (Lipinski definition) is 0. The monoisotopic (exact) mass is 414 g/mol. The van der Waals surface area contributed by atoms with E-state index in [0.717, 1.165) is 25.7 Å². The van der Waals surface area contributed by atoms with E-state index in [2.05, 4.69) is 53.7 Å². The molecule has 0 saturated heterocycles. The lowest BCUT2D eigenvalue weighted by Crippen LogP contribution is -2.53. The van der Waals surface area contributed by atoms with E-state index in [9.17, 15) is 4.79 Å². The zero-order chi connectivity index (χ0) is 21.9. The van der Waals surface area contributed by atoms with Crippen LogP contribution in [0.1, 0.15) is 106 Å². The van der Waals surface area contributed by atoms with Crippen molar-refractivity contribution in [2.24, 2.45) is 34.5 Å². The number of carbonyl (C=O) groups is 1. The third kappa shape index (κ3) is 4.44. The van der Waals surface area contributed by atoms with E-state index in [1.54, 1.807) is 11.1 Å². The molecular weight excluding hydrogens is 368 g/mol. The molecule has 5 atom stereocenters. The van der Waals surface area contributed by atoms with Crippen LogP contribution < -0.4 is 0 Å². The summed E-state index contributed by atoms with van der Waals surface area (Å²) in [4.78, 5) is 13.5. The fourth-order valence-electron chi connectivity index (χ4n) is 6.85. The Kier molecular flexibility index (Phi) is 7.57. The SMILES string of the molecule is CCCCC(CC)COC(=O)C1(C)CCCC2(C)C3CCC(C(C)C)=CC3=CCC12. The van der Waals surface area contributed by atoms with E-state index in [-0.39, 0.29) is 16.8 Å². The molecule has 0 aromatic carbocycles. The second-order valence-corrected chi connectivity index (χ2v) is 11.2. The number of rotatable bonds is 8. The first-order valence-electron chi connectivity index (χ1n) is 12.8. The van der Waals surface area contributed by atoms with Gasteiger partial charge in [-0.1, -0.05) is 78.0 Å². The van der Waals surface area contributed by atoms with Crippen molar-refractivity contribution in [3.63, 3.8) is 0 Å². The number of unbranched alkanes of at least 4 members (excludes halogenated alkanes) is 1. The second kappa shape index (κ2) is 9.61. The third-order valence-electron chi connectivity index (χ3n) is 9.04. The van der Waals surface area contributed by atoms with E-state index in [1.807, 2.05) is 0 Å². The predicted octanol–water partition coefficient (Wildman–Crippen LogP) is 7.88. The maximum atomic E-state index is 13.5. The van der Waals surface area contributed by atoms with Gasteiger partial charge in [0, 0.05) is 0 Å². The van der Waals surface area contributed by atoms with Crippen LogP contribution in [0.15, 0.2) is 23.3 Å². The van der Waals surface area contributed by atoms with Gasteiger partial charge in [0.05, 0.1) is 12.0 Å². The number of ether oxygens (including phenoxy) is 1. The van der Waals surface area contributed by atoms with Crippen molar-refractivity contribution in [1.82, 2.24) is 0 Å². The number of hydrogen-bond acceptors (Lipinski definition) is 2. The van der Waals surface area contributed by atoms with Crippen LogP contribution in [0.5, 0.6) is 0 Å². The van der Waals surface area contributed by atoms with Crippen LogP contribution in [-0.4, -0.2) is 12.6 Å². The first kappa shape index (κ1) is 23.6. The average Bonchev–Trinajstić information content (AvgIpc) is 2.73. The Labute approximate surface area is 185 Å². The van der Waals surface area contributed by atoms with E-state index >= 15 is 0 Å². The Morgan fingerprint density at radius 2 is 2.00 bits per heavy atom. The smallest absolute Gasteiger partial charge is 0.312 e. The van der Waals surface area contributed by atoms with Gasteiger partial charge in [0.2, 0.25) is 0 Å². The van der Waals surface area contributed by atoms with Crippen molar-refractivity contribution in [3.05, 3.63) is 23.3 Å². The molecule has 5 unspecified atom stereocenters. The van der Waals surface area contributed by atoms with E-state index in [1.165, 1.54) is 38.5 Å². The van der Waals surface area contributed by atoms with Crippen LogP contribution in [0, 0.1) is 34.5 Å². The molecule has 3 aliphatic carbocycles. The molecule has 0 spiro atoms. The standard InChI is InChI=1S/C28H46O2/c1-7-9-11-21(8-2)19-30-26(29)28(6)17-10-16-27(5)24-14-12-22(20(3)4)18-23(24)13-15-25(27)28/h13,18,20-21,24-25H,7-12,14-17,19H2,1-6H3. The van der Waals surface area contributed by atoms with Gasteiger partial charge in [0.1, 0.15) is 0 Å². The molecule has 170 valence electrons. The van der Waals surface area contributed by atoms with Crippen LogP contribution in [0.3, 0.4) is 0 Å². The fraction of sp³-hybridized carbons (Fsp3) is 0.821. The molecule has 0 amide bonds. The third-order valence-corrected chi connectivity index (χ3v) is 9.04. The zero-order valence-corrected chi connectivity index (χ0v) is 20.6. The van der Waals surface area contributed by atoms with Crippen molar-refractivity contribution in [2.75, 3.05) is 6.61 Å². The number of allylic oxidation sites excluding steroid dienone is 4. The summed E-state index contributed by atoms with van der Waals surface area (Å²) in [5, 5.41) is 0. The molecule has 0 bridgehead atoms. The minimum Gasteiger partial charge on any atom is -0.465 e. The van der Waals surface area contributed by atoms with Crippen molar-refractivity contribution >= 4 is 5.97 Å². The van der Waals surface area contributed by atoms with Crippen molar-refractivity contribution < 1.29 is 9.53 Å². The van der Waals surface area contributed by atoms with Gasteiger partial charge in [0.25, 0.3) is 0 Å². The Hall–Kier alpha value is -1.05. The highest BCUT2D eigenvalue weighted by Crippen LogP contribution is 2.62. The predicted molar refractivity (Wildman–Crippen MR) is 126 cm³/mol. The van der Waals surface area contributed by atoms with Gasteiger partial charge in [-0.15, -0.1) is 0 Å². The molecule has 0 radical (unpaired) electrons. The van der Waals surface area contributed by atoms with Gasteiger partial charge >= 0.3 is 5.97 Å². The Morgan fingerprint density at radius 1 is 1.23 bits per heavy atom. The molecule has 2 nitrogen and oxygen atoms in total. The van der Waals surface area contributed by atoms with Crippen LogP contribution >= 0.6 is 0 Å². The number of carbonyl (C=O) groups excluding carboxylic acids is 1. The molecule has 2 heteroatoms. The Bertz CT molecular complexity index is 672. The molecule has 30 heavy (non-hydrogen) atoms.